The first-order chi connectivity index (χ1) is 14.7. The second kappa shape index (κ2) is 6.79. The molecule has 0 radical (unpaired) electrons. The van der Waals surface area contributed by atoms with E-state index in [1.54, 1.807) is 11.0 Å². The van der Waals surface area contributed by atoms with Gasteiger partial charge < -0.3 is 19.6 Å². The molecule has 1 amide bonds. The molecule has 0 spiro atoms. The Hall–Kier alpha value is -2.93. The molecule has 5 rings (SSSR count). The molecule has 1 N–H and O–H groups in total. The molecule has 1 fully saturated rings. The Kier molecular flexibility index (Phi) is 4.38. The number of pyridine rings is 1. The maximum Gasteiger partial charge on any atom is 0.312 e. The number of cyclic esters (lactones) is 1. The predicted octanol–water partition coefficient (Wildman–Crippen LogP) is 2.90. The monoisotopic (exact) mass is 421 g/mol. The SMILES string of the molecule is CC[C@@]1(C)C(=O)OCC2C(=O)N3Cc4cc5c(CN(C)C)c(O)ccc5nc4C3=CC21. The van der Waals surface area contributed by atoms with E-state index in [9.17, 15) is 14.7 Å². The standard InChI is InChI=1S/C24H27N3O4/c1-5-24(2)17-9-19-21-13(10-27(19)22(29)16(17)12-31-23(24)30)8-14-15(11-26(3)4)20(28)7-6-18(14)25-21/h6-9,16-17,28H,5,10-12H2,1-4H3/t16?,17?,24-/m1/s1. The molecule has 0 bridgehead atoms. The van der Waals surface area contributed by atoms with Crippen molar-refractivity contribution in [3.05, 3.63) is 41.1 Å². The van der Waals surface area contributed by atoms with Crippen LogP contribution in [0.15, 0.2) is 24.3 Å². The molecular formula is C24H27N3O4. The Balaban J connectivity index is 1.66. The molecule has 3 aliphatic heterocycles. The highest BCUT2D eigenvalue weighted by molar-refractivity contribution is 5.97. The Morgan fingerprint density at radius 1 is 1.32 bits per heavy atom. The van der Waals surface area contributed by atoms with E-state index in [0.29, 0.717) is 19.5 Å². The number of rotatable bonds is 3. The third-order valence-corrected chi connectivity index (χ3v) is 7.19. The van der Waals surface area contributed by atoms with Crippen LogP contribution >= 0.6 is 0 Å². The highest BCUT2D eigenvalue weighted by Crippen LogP contribution is 2.49. The lowest BCUT2D eigenvalue weighted by molar-refractivity contribution is -0.174. The number of aromatic nitrogens is 1. The molecule has 7 heteroatoms. The smallest absolute Gasteiger partial charge is 0.312 e. The lowest BCUT2D eigenvalue weighted by Gasteiger charge is -2.45. The average Bonchev–Trinajstić information content (AvgIpc) is 3.10. The molecule has 2 unspecified atom stereocenters. The summed E-state index contributed by atoms with van der Waals surface area (Å²) in [5.74, 6) is -0.557. The van der Waals surface area contributed by atoms with E-state index >= 15 is 0 Å². The molecule has 4 heterocycles. The third kappa shape index (κ3) is 2.79. The quantitative estimate of drug-likeness (QED) is 0.768. The van der Waals surface area contributed by atoms with E-state index < -0.39 is 5.41 Å². The van der Waals surface area contributed by atoms with Gasteiger partial charge in [-0.2, -0.15) is 0 Å². The molecule has 0 aliphatic carbocycles. The van der Waals surface area contributed by atoms with Crippen molar-refractivity contribution in [1.29, 1.82) is 0 Å². The number of hydrogen-bond donors (Lipinski definition) is 1. The molecule has 0 saturated carbocycles. The van der Waals surface area contributed by atoms with Crippen molar-refractivity contribution in [1.82, 2.24) is 14.8 Å². The van der Waals surface area contributed by atoms with Gasteiger partial charge in [-0.1, -0.05) is 13.0 Å². The van der Waals surface area contributed by atoms with Crippen molar-refractivity contribution in [2.24, 2.45) is 17.3 Å². The number of phenolic OH excluding ortho intramolecular Hbond substituents is 1. The Bertz CT molecular complexity index is 1160. The van der Waals surface area contributed by atoms with Crippen LogP contribution in [0.25, 0.3) is 16.6 Å². The lowest BCUT2D eigenvalue weighted by Crippen LogP contribution is -2.53. The lowest BCUT2D eigenvalue weighted by atomic mass is 9.65. The van der Waals surface area contributed by atoms with Gasteiger partial charge in [0.1, 0.15) is 12.4 Å². The molecule has 31 heavy (non-hydrogen) atoms. The van der Waals surface area contributed by atoms with Crippen LogP contribution in [-0.2, 0) is 27.4 Å². The van der Waals surface area contributed by atoms with Gasteiger partial charge in [-0.3, -0.25) is 9.59 Å². The van der Waals surface area contributed by atoms with Crippen molar-refractivity contribution in [3.8, 4) is 5.75 Å². The van der Waals surface area contributed by atoms with Gasteiger partial charge in [-0.15, -0.1) is 0 Å². The van der Waals surface area contributed by atoms with Crippen molar-refractivity contribution >= 4 is 28.5 Å². The van der Waals surface area contributed by atoms with Crippen LogP contribution in [0.2, 0.25) is 0 Å². The third-order valence-electron chi connectivity index (χ3n) is 7.19. The van der Waals surface area contributed by atoms with E-state index in [2.05, 4.69) is 6.08 Å². The summed E-state index contributed by atoms with van der Waals surface area (Å²) in [6, 6.07) is 5.54. The summed E-state index contributed by atoms with van der Waals surface area (Å²) in [6.07, 6.45) is 2.68. The van der Waals surface area contributed by atoms with Crippen LogP contribution in [0.1, 0.15) is 37.1 Å². The normalized spacial score (nSPS) is 27.1. The molecule has 7 nitrogen and oxygen atoms in total. The zero-order valence-corrected chi connectivity index (χ0v) is 18.3. The molecule has 3 aliphatic rings. The molecule has 1 saturated heterocycles. The van der Waals surface area contributed by atoms with E-state index in [-0.39, 0.29) is 36.1 Å². The summed E-state index contributed by atoms with van der Waals surface area (Å²) in [5, 5.41) is 11.3. The Morgan fingerprint density at radius 2 is 2.10 bits per heavy atom. The fourth-order valence-electron chi connectivity index (χ4n) is 5.20. The number of hydrogen-bond acceptors (Lipinski definition) is 6. The fourth-order valence-corrected chi connectivity index (χ4v) is 5.20. The molecular weight excluding hydrogens is 394 g/mol. The molecule has 1 aromatic carbocycles. The van der Waals surface area contributed by atoms with E-state index in [4.69, 9.17) is 9.72 Å². The summed E-state index contributed by atoms with van der Waals surface area (Å²) >= 11 is 0. The summed E-state index contributed by atoms with van der Waals surface area (Å²) < 4.78 is 5.41. The summed E-state index contributed by atoms with van der Waals surface area (Å²) in [6.45, 7) is 5.02. The Morgan fingerprint density at radius 3 is 2.81 bits per heavy atom. The second-order valence-corrected chi connectivity index (χ2v) is 9.34. The van der Waals surface area contributed by atoms with Crippen molar-refractivity contribution in [2.75, 3.05) is 20.7 Å². The average molecular weight is 421 g/mol. The number of aromatic hydroxyl groups is 1. The number of amides is 1. The minimum Gasteiger partial charge on any atom is -0.508 e. The molecule has 3 atom stereocenters. The zero-order chi connectivity index (χ0) is 22.1. The van der Waals surface area contributed by atoms with Gasteiger partial charge >= 0.3 is 5.97 Å². The molecule has 162 valence electrons. The van der Waals surface area contributed by atoms with Crippen LogP contribution in [0.4, 0.5) is 0 Å². The molecule has 2 aromatic rings. The van der Waals surface area contributed by atoms with Crippen LogP contribution in [-0.4, -0.2) is 52.5 Å². The first kappa shape index (κ1) is 20.0. The van der Waals surface area contributed by atoms with Crippen LogP contribution < -0.4 is 0 Å². The summed E-state index contributed by atoms with van der Waals surface area (Å²) in [4.78, 5) is 34.6. The van der Waals surface area contributed by atoms with Gasteiger partial charge in [0.2, 0.25) is 5.91 Å². The number of nitrogens with zero attached hydrogens (tertiary/aromatic N) is 3. The number of ether oxygens (including phenoxy) is 1. The largest absolute Gasteiger partial charge is 0.508 e. The summed E-state index contributed by atoms with van der Waals surface area (Å²) in [7, 11) is 3.91. The minimum atomic E-state index is -0.720. The van der Waals surface area contributed by atoms with Crippen molar-refractivity contribution in [2.45, 2.75) is 33.4 Å². The number of carbonyl (C=O) groups excluding carboxylic acids is 2. The highest BCUT2D eigenvalue weighted by Gasteiger charge is 2.54. The van der Waals surface area contributed by atoms with Gasteiger partial charge in [0.25, 0.3) is 0 Å². The maximum absolute atomic E-state index is 13.4. The number of allylic oxidation sites excluding steroid dienone is 1. The highest BCUT2D eigenvalue weighted by atomic mass is 16.5. The van der Waals surface area contributed by atoms with Crippen molar-refractivity contribution in [3.63, 3.8) is 0 Å². The van der Waals surface area contributed by atoms with Crippen LogP contribution in [0.5, 0.6) is 5.75 Å². The van der Waals surface area contributed by atoms with E-state index in [0.717, 1.165) is 33.4 Å². The van der Waals surface area contributed by atoms with Gasteiger partial charge in [-0.25, -0.2) is 4.98 Å². The maximum atomic E-state index is 13.4. The van der Waals surface area contributed by atoms with Gasteiger partial charge in [0.05, 0.1) is 34.8 Å². The second-order valence-electron chi connectivity index (χ2n) is 9.34. The first-order valence-electron chi connectivity index (χ1n) is 10.7. The fraction of sp³-hybridized carbons (Fsp3) is 0.458. The topological polar surface area (TPSA) is 83.0 Å². The van der Waals surface area contributed by atoms with Gasteiger partial charge in [-0.05, 0) is 45.6 Å². The number of fused-ring (bicyclic) bond motifs is 5. The Labute approximate surface area is 181 Å². The van der Waals surface area contributed by atoms with Crippen LogP contribution in [0.3, 0.4) is 0 Å². The van der Waals surface area contributed by atoms with E-state index in [1.807, 2.05) is 45.0 Å². The van der Waals surface area contributed by atoms with Crippen LogP contribution in [0, 0.1) is 17.3 Å². The predicted molar refractivity (Wildman–Crippen MR) is 116 cm³/mol. The van der Waals surface area contributed by atoms with Crippen molar-refractivity contribution < 1.29 is 19.4 Å². The number of esters is 1. The number of carbonyl (C=O) groups is 2. The zero-order valence-electron chi connectivity index (χ0n) is 18.3. The van der Waals surface area contributed by atoms with Gasteiger partial charge in [0.15, 0.2) is 0 Å². The number of phenols is 1. The number of benzene rings is 1. The van der Waals surface area contributed by atoms with E-state index in [1.165, 1.54) is 0 Å². The van der Waals surface area contributed by atoms with Gasteiger partial charge in [0, 0.05) is 29.0 Å². The minimum absolute atomic E-state index is 0.00640. The first-order valence-corrected chi connectivity index (χ1v) is 10.7. The molecule has 1 aromatic heterocycles. The summed E-state index contributed by atoms with van der Waals surface area (Å²) in [5.41, 5.74) is 3.43.